The third-order valence-electron chi connectivity index (χ3n) is 5.51. The molecule has 0 radical (unpaired) electrons. The smallest absolute Gasteiger partial charge is 0.261 e. The fourth-order valence-electron chi connectivity index (χ4n) is 4.09. The molecule has 3 aromatic heterocycles. The summed E-state index contributed by atoms with van der Waals surface area (Å²) in [7, 11) is 1.66. The summed E-state index contributed by atoms with van der Waals surface area (Å²) in [5, 5.41) is 2.74. The molecule has 4 heterocycles. The van der Waals surface area contributed by atoms with Crippen molar-refractivity contribution in [2.24, 2.45) is 0 Å². The molecule has 1 aromatic carbocycles. The molecule has 0 unspecified atom stereocenters. The van der Waals surface area contributed by atoms with Crippen molar-refractivity contribution in [3.63, 3.8) is 0 Å². The van der Waals surface area contributed by atoms with Crippen molar-refractivity contribution in [1.82, 2.24) is 14.5 Å². The molecule has 0 saturated carbocycles. The number of hydrogen-bond acceptors (Lipinski definition) is 5. The molecular formula is C24H21N3O2S. The van der Waals surface area contributed by atoms with E-state index in [9.17, 15) is 4.79 Å². The highest BCUT2D eigenvalue weighted by Crippen LogP contribution is 2.38. The van der Waals surface area contributed by atoms with Crippen LogP contribution in [0.3, 0.4) is 0 Å². The van der Waals surface area contributed by atoms with E-state index in [2.05, 4.69) is 22.1 Å². The maximum Gasteiger partial charge on any atom is 0.261 e. The van der Waals surface area contributed by atoms with Crippen LogP contribution in [0.2, 0.25) is 0 Å². The second-order valence-electron chi connectivity index (χ2n) is 7.44. The zero-order valence-corrected chi connectivity index (χ0v) is 17.7. The molecule has 150 valence electrons. The molecule has 5 nitrogen and oxygen atoms in total. The molecule has 0 aliphatic carbocycles. The summed E-state index contributed by atoms with van der Waals surface area (Å²) in [5.41, 5.74) is 6.73. The van der Waals surface area contributed by atoms with Crippen LogP contribution in [-0.4, -0.2) is 21.6 Å². The Labute approximate surface area is 178 Å². The predicted molar refractivity (Wildman–Crippen MR) is 120 cm³/mol. The van der Waals surface area contributed by atoms with Crippen LogP contribution >= 0.6 is 11.3 Å². The van der Waals surface area contributed by atoms with E-state index < -0.39 is 0 Å². The van der Waals surface area contributed by atoms with Gasteiger partial charge in [-0.25, -0.2) is 4.98 Å². The van der Waals surface area contributed by atoms with Crippen molar-refractivity contribution < 1.29 is 4.74 Å². The van der Waals surface area contributed by atoms with E-state index in [-0.39, 0.29) is 5.56 Å². The number of rotatable bonds is 3. The number of methoxy groups -OCH3 is 1. The lowest BCUT2D eigenvalue weighted by molar-refractivity contribution is 0.415. The Hall–Kier alpha value is -3.25. The van der Waals surface area contributed by atoms with E-state index >= 15 is 0 Å². The van der Waals surface area contributed by atoms with Gasteiger partial charge in [0.05, 0.1) is 18.4 Å². The van der Waals surface area contributed by atoms with Gasteiger partial charge in [-0.05, 0) is 55.2 Å². The quantitative estimate of drug-likeness (QED) is 0.474. The van der Waals surface area contributed by atoms with Gasteiger partial charge in [0.15, 0.2) is 0 Å². The summed E-state index contributed by atoms with van der Waals surface area (Å²) in [6.07, 6.45) is 5.53. The molecule has 0 fully saturated rings. The van der Waals surface area contributed by atoms with E-state index in [0.29, 0.717) is 12.1 Å². The molecular weight excluding hydrogens is 394 g/mol. The maximum absolute atomic E-state index is 13.6. The van der Waals surface area contributed by atoms with E-state index in [1.54, 1.807) is 7.11 Å². The zero-order chi connectivity index (χ0) is 20.7. The van der Waals surface area contributed by atoms with Crippen LogP contribution in [0, 0.1) is 6.92 Å². The average Bonchev–Trinajstić information content (AvgIpc) is 3.10. The van der Waals surface area contributed by atoms with Gasteiger partial charge in [-0.1, -0.05) is 12.1 Å². The number of ether oxygens (including phenoxy) is 1. The van der Waals surface area contributed by atoms with Crippen LogP contribution in [0.1, 0.15) is 17.7 Å². The summed E-state index contributed by atoms with van der Waals surface area (Å²) in [4.78, 5) is 22.5. The summed E-state index contributed by atoms with van der Waals surface area (Å²) in [5.74, 6) is 0.782. The molecule has 0 N–H and O–H groups in total. The number of fused-ring (bicyclic) bond motifs is 3. The number of hydrogen-bond donors (Lipinski definition) is 0. The Kier molecular flexibility index (Phi) is 4.71. The SMILES string of the molecule is COc1cccc(-c2cc(-c3nc(C)cs3)c(=O)n3c2-c2cnccc2CCC3)c1. The number of pyridine rings is 2. The van der Waals surface area contributed by atoms with Crippen molar-refractivity contribution in [2.75, 3.05) is 7.11 Å². The second-order valence-corrected chi connectivity index (χ2v) is 8.30. The molecule has 0 atom stereocenters. The highest BCUT2D eigenvalue weighted by Gasteiger charge is 2.23. The first kappa shape index (κ1) is 18.8. The van der Waals surface area contributed by atoms with Gasteiger partial charge in [0, 0.05) is 41.1 Å². The normalized spacial score (nSPS) is 12.7. The molecule has 0 amide bonds. The molecule has 1 aliphatic heterocycles. The van der Waals surface area contributed by atoms with Crippen molar-refractivity contribution >= 4 is 11.3 Å². The van der Waals surface area contributed by atoms with Gasteiger partial charge in [0.2, 0.25) is 0 Å². The number of benzene rings is 1. The minimum absolute atomic E-state index is 0.00250. The Bertz CT molecular complexity index is 1310. The predicted octanol–water partition coefficient (Wildman–Crippen LogP) is 4.96. The van der Waals surface area contributed by atoms with E-state index in [1.807, 2.05) is 53.5 Å². The van der Waals surface area contributed by atoms with Gasteiger partial charge in [0.25, 0.3) is 5.56 Å². The highest BCUT2D eigenvalue weighted by molar-refractivity contribution is 7.13. The number of nitrogens with zero attached hydrogens (tertiary/aromatic N) is 3. The van der Waals surface area contributed by atoms with Gasteiger partial charge in [-0.3, -0.25) is 9.78 Å². The fraction of sp³-hybridized carbons (Fsp3) is 0.208. The maximum atomic E-state index is 13.6. The summed E-state index contributed by atoms with van der Waals surface area (Å²) >= 11 is 1.51. The second kappa shape index (κ2) is 7.54. The monoisotopic (exact) mass is 415 g/mol. The zero-order valence-electron chi connectivity index (χ0n) is 16.9. The van der Waals surface area contributed by atoms with E-state index in [1.165, 1.54) is 16.9 Å². The fourth-order valence-corrected chi connectivity index (χ4v) is 4.90. The van der Waals surface area contributed by atoms with Crippen LogP contribution in [-0.2, 0) is 13.0 Å². The largest absolute Gasteiger partial charge is 0.497 e. The number of thiazole rings is 1. The molecule has 1 aliphatic rings. The molecule has 0 saturated heterocycles. The Balaban J connectivity index is 1.87. The topological polar surface area (TPSA) is 57.0 Å². The lowest BCUT2D eigenvalue weighted by atomic mass is 9.95. The first-order chi connectivity index (χ1) is 14.7. The van der Waals surface area contributed by atoms with Crippen LogP contribution in [0.4, 0.5) is 0 Å². The minimum Gasteiger partial charge on any atom is -0.497 e. The first-order valence-corrected chi connectivity index (χ1v) is 10.8. The molecule has 5 rings (SSSR count). The Morgan fingerprint density at radius 3 is 2.83 bits per heavy atom. The van der Waals surface area contributed by atoms with Crippen molar-refractivity contribution in [2.45, 2.75) is 26.3 Å². The Morgan fingerprint density at radius 1 is 1.13 bits per heavy atom. The number of aromatic nitrogens is 3. The molecule has 30 heavy (non-hydrogen) atoms. The lowest BCUT2D eigenvalue weighted by Gasteiger charge is -2.18. The van der Waals surface area contributed by atoms with Crippen LogP contribution in [0.25, 0.3) is 33.0 Å². The highest BCUT2D eigenvalue weighted by atomic mass is 32.1. The first-order valence-electron chi connectivity index (χ1n) is 9.94. The third-order valence-corrected chi connectivity index (χ3v) is 6.51. The van der Waals surface area contributed by atoms with Crippen molar-refractivity contribution in [1.29, 1.82) is 0 Å². The van der Waals surface area contributed by atoms with Gasteiger partial charge < -0.3 is 9.30 Å². The van der Waals surface area contributed by atoms with Gasteiger partial charge >= 0.3 is 0 Å². The van der Waals surface area contributed by atoms with Crippen molar-refractivity contribution in [3.8, 4) is 38.7 Å². The minimum atomic E-state index is 0.00250. The molecule has 0 spiro atoms. The summed E-state index contributed by atoms with van der Waals surface area (Å²) in [6, 6.07) is 12.0. The van der Waals surface area contributed by atoms with E-state index in [0.717, 1.165) is 51.7 Å². The molecule has 6 heteroatoms. The third kappa shape index (κ3) is 3.13. The van der Waals surface area contributed by atoms with Crippen molar-refractivity contribution in [3.05, 3.63) is 75.8 Å². The summed E-state index contributed by atoms with van der Waals surface area (Å²) < 4.78 is 7.38. The van der Waals surface area contributed by atoms with E-state index in [4.69, 9.17) is 4.74 Å². The van der Waals surface area contributed by atoms with Gasteiger partial charge in [-0.2, -0.15) is 0 Å². The molecule has 0 bridgehead atoms. The molecule has 4 aromatic rings. The lowest BCUT2D eigenvalue weighted by Crippen LogP contribution is -2.23. The Morgan fingerprint density at radius 2 is 2.03 bits per heavy atom. The summed E-state index contributed by atoms with van der Waals surface area (Å²) in [6.45, 7) is 2.62. The number of aryl methyl sites for hydroxylation is 2. The van der Waals surface area contributed by atoms with Gasteiger partial charge in [0.1, 0.15) is 10.8 Å². The average molecular weight is 416 g/mol. The standard InChI is InChI=1S/C24H21N3O2S/c1-15-14-30-23(26-15)20-12-19(17-5-3-7-18(11-17)29-2)22-21-13-25-9-8-16(21)6-4-10-27(22)24(20)28/h3,5,7-9,11-14H,4,6,10H2,1-2H3. The van der Waals surface area contributed by atoms with Crippen LogP contribution in [0.15, 0.2) is 59.0 Å². The van der Waals surface area contributed by atoms with Crippen LogP contribution < -0.4 is 10.3 Å². The van der Waals surface area contributed by atoms with Crippen LogP contribution in [0.5, 0.6) is 5.75 Å². The van der Waals surface area contributed by atoms with Gasteiger partial charge in [-0.15, -0.1) is 11.3 Å².